The van der Waals surface area contributed by atoms with Gasteiger partial charge < -0.3 is 4.90 Å². The van der Waals surface area contributed by atoms with E-state index in [1.165, 1.54) is 0 Å². The summed E-state index contributed by atoms with van der Waals surface area (Å²) in [5, 5.41) is 7.83. The molecular formula is C16H14BrN3O. The summed E-state index contributed by atoms with van der Waals surface area (Å²) < 4.78 is 1.00. The number of hydrogen-bond donors (Lipinski definition) is 1. The number of amides is 1. The molecule has 0 atom stereocenters. The lowest BCUT2D eigenvalue weighted by molar-refractivity contribution is 0.0786. The van der Waals surface area contributed by atoms with Gasteiger partial charge in [0.1, 0.15) is 0 Å². The van der Waals surface area contributed by atoms with Gasteiger partial charge in [0.15, 0.2) is 0 Å². The second-order valence-corrected chi connectivity index (χ2v) is 5.75. The molecule has 0 saturated heterocycles. The highest BCUT2D eigenvalue weighted by Crippen LogP contribution is 2.20. The third-order valence-corrected chi connectivity index (χ3v) is 4.19. The molecule has 0 aliphatic carbocycles. The molecule has 3 rings (SSSR count). The number of H-pyrrole nitrogens is 1. The summed E-state index contributed by atoms with van der Waals surface area (Å²) in [4.78, 5) is 14.3. The first-order valence-corrected chi connectivity index (χ1v) is 7.37. The summed E-state index contributed by atoms with van der Waals surface area (Å²) in [6.45, 7) is 0.546. The van der Waals surface area contributed by atoms with E-state index in [1.807, 2.05) is 42.5 Å². The lowest BCUT2D eigenvalue weighted by Crippen LogP contribution is -2.26. The van der Waals surface area contributed by atoms with Crippen molar-refractivity contribution < 1.29 is 4.79 Å². The number of hydrogen-bond acceptors (Lipinski definition) is 2. The lowest BCUT2D eigenvalue weighted by atomic mass is 10.1. The number of fused-ring (bicyclic) bond motifs is 1. The summed E-state index contributed by atoms with van der Waals surface area (Å²) in [6.07, 6.45) is 1.72. The highest BCUT2D eigenvalue weighted by Gasteiger charge is 2.16. The minimum absolute atomic E-state index is 0.0272. The first-order valence-electron chi connectivity index (χ1n) is 6.58. The van der Waals surface area contributed by atoms with Crippen LogP contribution in [0.3, 0.4) is 0 Å². The largest absolute Gasteiger partial charge is 0.337 e. The van der Waals surface area contributed by atoms with E-state index in [0.29, 0.717) is 12.1 Å². The van der Waals surface area contributed by atoms with Crippen molar-refractivity contribution in [3.8, 4) is 0 Å². The van der Waals surface area contributed by atoms with Gasteiger partial charge in [-0.05, 0) is 17.7 Å². The topological polar surface area (TPSA) is 49.0 Å². The van der Waals surface area contributed by atoms with Gasteiger partial charge in [-0.2, -0.15) is 5.10 Å². The Labute approximate surface area is 130 Å². The molecule has 0 fully saturated rings. The van der Waals surface area contributed by atoms with Crippen LogP contribution >= 0.6 is 15.9 Å². The predicted octanol–water partition coefficient (Wildman–Crippen LogP) is 3.60. The molecule has 0 spiro atoms. The van der Waals surface area contributed by atoms with Gasteiger partial charge in [-0.15, -0.1) is 0 Å². The van der Waals surface area contributed by atoms with Gasteiger partial charge in [0.25, 0.3) is 5.91 Å². The fraction of sp³-hybridized carbons (Fsp3) is 0.125. The van der Waals surface area contributed by atoms with Gasteiger partial charge in [-0.1, -0.05) is 46.3 Å². The average Bonchev–Trinajstić information content (AvgIpc) is 2.97. The van der Waals surface area contributed by atoms with Crippen LogP contribution in [0.25, 0.3) is 10.9 Å². The molecule has 1 amide bonds. The molecular weight excluding hydrogens is 330 g/mol. The van der Waals surface area contributed by atoms with E-state index in [4.69, 9.17) is 0 Å². The zero-order valence-electron chi connectivity index (χ0n) is 11.5. The standard InChI is InChI=1S/C16H14BrN3O/c1-20(10-12-5-2-3-8-14(12)17)16(21)13-7-4-6-11-9-18-19-15(11)13/h2-9H,10H2,1H3,(H,18,19). The normalized spacial score (nSPS) is 10.8. The second kappa shape index (κ2) is 5.69. The Hall–Kier alpha value is -2.14. The Morgan fingerprint density at radius 3 is 2.86 bits per heavy atom. The first-order chi connectivity index (χ1) is 10.2. The molecule has 1 aromatic heterocycles. The number of aromatic nitrogens is 2. The molecule has 0 aliphatic rings. The van der Waals surface area contributed by atoms with Crippen molar-refractivity contribution >= 4 is 32.7 Å². The van der Waals surface area contributed by atoms with Crippen LogP contribution in [0.2, 0.25) is 0 Å². The minimum Gasteiger partial charge on any atom is -0.337 e. The maximum atomic E-state index is 12.6. The van der Waals surface area contributed by atoms with Crippen molar-refractivity contribution in [2.45, 2.75) is 6.54 Å². The van der Waals surface area contributed by atoms with E-state index in [0.717, 1.165) is 20.9 Å². The Bertz CT molecular complexity index is 797. The molecule has 1 N–H and O–H groups in total. The number of aromatic amines is 1. The highest BCUT2D eigenvalue weighted by molar-refractivity contribution is 9.10. The second-order valence-electron chi connectivity index (χ2n) is 4.89. The van der Waals surface area contributed by atoms with Gasteiger partial charge in [-0.25, -0.2) is 0 Å². The zero-order valence-corrected chi connectivity index (χ0v) is 13.1. The fourth-order valence-corrected chi connectivity index (χ4v) is 2.72. The molecule has 0 unspecified atom stereocenters. The molecule has 21 heavy (non-hydrogen) atoms. The van der Waals surface area contributed by atoms with E-state index in [1.54, 1.807) is 18.1 Å². The van der Waals surface area contributed by atoms with E-state index >= 15 is 0 Å². The molecule has 0 aliphatic heterocycles. The van der Waals surface area contributed by atoms with E-state index in [-0.39, 0.29) is 5.91 Å². The van der Waals surface area contributed by atoms with Gasteiger partial charge in [0, 0.05) is 23.5 Å². The van der Waals surface area contributed by atoms with Crippen molar-refractivity contribution in [2.75, 3.05) is 7.05 Å². The number of carbonyl (C=O) groups excluding carboxylic acids is 1. The van der Waals surface area contributed by atoms with Gasteiger partial charge >= 0.3 is 0 Å². The van der Waals surface area contributed by atoms with Crippen molar-refractivity contribution in [1.82, 2.24) is 15.1 Å². The molecule has 0 saturated carbocycles. The van der Waals surface area contributed by atoms with Crippen LogP contribution in [-0.4, -0.2) is 28.1 Å². The van der Waals surface area contributed by atoms with Crippen molar-refractivity contribution in [1.29, 1.82) is 0 Å². The Balaban J connectivity index is 1.88. The SMILES string of the molecule is CN(Cc1ccccc1Br)C(=O)c1cccc2cn[nH]c12. The number of benzene rings is 2. The lowest BCUT2D eigenvalue weighted by Gasteiger charge is -2.18. The van der Waals surface area contributed by atoms with E-state index in [2.05, 4.69) is 26.1 Å². The van der Waals surface area contributed by atoms with Gasteiger partial charge in [0.2, 0.25) is 0 Å². The van der Waals surface area contributed by atoms with Crippen molar-refractivity contribution in [3.63, 3.8) is 0 Å². The molecule has 106 valence electrons. The van der Waals surface area contributed by atoms with Crippen molar-refractivity contribution in [3.05, 3.63) is 64.3 Å². The monoisotopic (exact) mass is 343 g/mol. The predicted molar refractivity (Wildman–Crippen MR) is 86.0 cm³/mol. The van der Waals surface area contributed by atoms with Crippen LogP contribution in [0, 0.1) is 0 Å². The number of para-hydroxylation sites is 1. The Morgan fingerprint density at radius 1 is 1.24 bits per heavy atom. The van der Waals surface area contributed by atoms with Crippen LogP contribution in [0.5, 0.6) is 0 Å². The molecule has 2 aromatic carbocycles. The Morgan fingerprint density at radius 2 is 2.05 bits per heavy atom. The quantitative estimate of drug-likeness (QED) is 0.789. The third kappa shape index (κ3) is 2.69. The van der Waals surface area contributed by atoms with Gasteiger partial charge in [0.05, 0.1) is 17.3 Å². The maximum Gasteiger partial charge on any atom is 0.256 e. The summed E-state index contributed by atoms with van der Waals surface area (Å²) in [5.74, 6) is -0.0272. The molecule has 5 heteroatoms. The summed E-state index contributed by atoms with van der Waals surface area (Å²) in [7, 11) is 1.80. The van der Waals surface area contributed by atoms with Crippen LogP contribution < -0.4 is 0 Å². The highest BCUT2D eigenvalue weighted by atomic mass is 79.9. The number of nitrogens with zero attached hydrogens (tertiary/aromatic N) is 2. The fourth-order valence-electron chi connectivity index (χ4n) is 2.31. The zero-order chi connectivity index (χ0) is 14.8. The number of halogens is 1. The minimum atomic E-state index is -0.0272. The van der Waals surface area contributed by atoms with E-state index in [9.17, 15) is 4.79 Å². The summed E-state index contributed by atoms with van der Waals surface area (Å²) in [5.41, 5.74) is 2.49. The molecule has 3 aromatic rings. The van der Waals surface area contributed by atoms with Crippen LogP contribution in [0.1, 0.15) is 15.9 Å². The molecule has 1 heterocycles. The van der Waals surface area contributed by atoms with Gasteiger partial charge in [-0.3, -0.25) is 9.89 Å². The average molecular weight is 344 g/mol. The number of rotatable bonds is 3. The molecule has 4 nitrogen and oxygen atoms in total. The van der Waals surface area contributed by atoms with Crippen LogP contribution in [0.4, 0.5) is 0 Å². The number of nitrogens with one attached hydrogen (secondary N) is 1. The van der Waals surface area contributed by atoms with Crippen LogP contribution in [-0.2, 0) is 6.54 Å². The third-order valence-electron chi connectivity index (χ3n) is 3.42. The smallest absolute Gasteiger partial charge is 0.256 e. The maximum absolute atomic E-state index is 12.6. The van der Waals surface area contributed by atoms with Crippen molar-refractivity contribution in [2.24, 2.45) is 0 Å². The molecule has 0 bridgehead atoms. The number of carbonyl (C=O) groups is 1. The van der Waals surface area contributed by atoms with E-state index < -0.39 is 0 Å². The summed E-state index contributed by atoms with van der Waals surface area (Å²) in [6, 6.07) is 13.5. The van der Waals surface area contributed by atoms with Crippen LogP contribution in [0.15, 0.2) is 53.1 Å². The Kier molecular flexibility index (Phi) is 3.75. The molecule has 0 radical (unpaired) electrons. The summed E-state index contributed by atoms with van der Waals surface area (Å²) >= 11 is 3.51. The first kappa shape index (κ1) is 13.8.